The maximum Gasteiger partial charge on any atom is 0.345 e. The maximum absolute atomic E-state index is 12.9. The lowest BCUT2D eigenvalue weighted by atomic mass is 9.97. The largest absolute Gasteiger partial charge is 0.427 e. The molecule has 1 aliphatic carbocycles. The molecule has 4 heteroatoms. The second-order valence-corrected chi connectivity index (χ2v) is 7.23. The molecule has 2 aliphatic rings. The third kappa shape index (κ3) is 3.23. The van der Waals surface area contributed by atoms with Gasteiger partial charge in [-0.1, -0.05) is 36.8 Å². The van der Waals surface area contributed by atoms with Crippen LogP contribution in [0.4, 0.5) is 5.69 Å². The average molecular weight is 338 g/mol. The summed E-state index contributed by atoms with van der Waals surface area (Å²) in [6.07, 6.45) is 5.40. The Morgan fingerprint density at radius 2 is 1.64 bits per heavy atom. The predicted octanol–water partition coefficient (Wildman–Crippen LogP) is 3.33. The third-order valence-corrected chi connectivity index (χ3v) is 5.49. The van der Waals surface area contributed by atoms with Crippen molar-refractivity contribution in [1.29, 1.82) is 0 Å². The number of likely N-dealkylation sites (N-methyl/N-ethyl adjacent to an activating group) is 1. The van der Waals surface area contributed by atoms with E-state index in [9.17, 15) is 4.79 Å². The molecule has 1 saturated heterocycles. The minimum absolute atomic E-state index is 0.180. The van der Waals surface area contributed by atoms with E-state index in [1.165, 1.54) is 18.4 Å². The lowest BCUT2D eigenvalue weighted by molar-refractivity contribution is 0.312. The van der Waals surface area contributed by atoms with Gasteiger partial charge in [0, 0.05) is 38.2 Å². The van der Waals surface area contributed by atoms with E-state index < -0.39 is 0 Å². The van der Waals surface area contributed by atoms with E-state index in [0.29, 0.717) is 0 Å². The zero-order valence-corrected chi connectivity index (χ0v) is 15.0. The molecule has 25 heavy (non-hydrogen) atoms. The summed E-state index contributed by atoms with van der Waals surface area (Å²) in [7, 11) is 2.16. The summed E-state index contributed by atoms with van der Waals surface area (Å²) in [5, 5.41) is 0. The van der Waals surface area contributed by atoms with Gasteiger partial charge in [-0.3, -0.25) is 0 Å². The van der Waals surface area contributed by atoms with Gasteiger partial charge in [0.05, 0.1) is 11.3 Å². The van der Waals surface area contributed by atoms with Crippen LogP contribution < -0.4 is 10.5 Å². The number of hydrogen-bond acceptors (Lipinski definition) is 4. The Labute approximate surface area is 149 Å². The number of piperazine rings is 1. The zero-order valence-electron chi connectivity index (χ0n) is 15.0. The summed E-state index contributed by atoms with van der Waals surface area (Å²) >= 11 is 0. The fourth-order valence-electron chi connectivity index (χ4n) is 4.07. The first-order valence-corrected chi connectivity index (χ1v) is 9.42. The Morgan fingerprint density at radius 1 is 0.920 bits per heavy atom. The van der Waals surface area contributed by atoms with Gasteiger partial charge in [-0.15, -0.1) is 0 Å². The first kappa shape index (κ1) is 16.4. The summed E-state index contributed by atoms with van der Waals surface area (Å²) in [5.41, 5.74) is 3.97. The van der Waals surface area contributed by atoms with Crippen LogP contribution in [0.3, 0.4) is 0 Å². The molecule has 2 heterocycles. The minimum Gasteiger partial charge on any atom is -0.427 e. The molecule has 0 saturated carbocycles. The summed E-state index contributed by atoms with van der Waals surface area (Å²) in [5.74, 6) is 0.927. The standard InChI is InChI=1S/C21H26N2O2/c1-22-12-14-23(15-13-22)20-17-10-6-3-7-11-18(17)25-21(24)19(20)16-8-4-2-5-9-16/h2,4-5,8-9H,3,6-7,10-15H2,1H3. The van der Waals surface area contributed by atoms with Gasteiger partial charge >= 0.3 is 5.63 Å². The van der Waals surface area contributed by atoms with Crippen molar-refractivity contribution in [3.05, 3.63) is 52.1 Å². The van der Waals surface area contributed by atoms with Crippen molar-refractivity contribution < 1.29 is 4.42 Å². The molecule has 0 bridgehead atoms. The van der Waals surface area contributed by atoms with Gasteiger partial charge in [-0.25, -0.2) is 4.79 Å². The van der Waals surface area contributed by atoms with Crippen LogP contribution in [0.25, 0.3) is 11.1 Å². The van der Waals surface area contributed by atoms with E-state index in [1.54, 1.807) is 0 Å². The molecule has 1 aliphatic heterocycles. The molecule has 132 valence electrons. The van der Waals surface area contributed by atoms with Crippen LogP contribution >= 0.6 is 0 Å². The van der Waals surface area contributed by atoms with Crippen molar-refractivity contribution in [2.45, 2.75) is 32.1 Å². The number of aryl methyl sites for hydroxylation is 1. The Hall–Kier alpha value is -2.07. The SMILES string of the molecule is CN1CCN(c2c3c(oc(=O)c2-c2ccccc2)CCCCC3)CC1. The van der Waals surface area contributed by atoms with Crippen LogP contribution in [-0.2, 0) is 12.8 Å². The Balaban J connectivity index is 1.91. The average Bonchev–Trinajstić information content (AvgIpc) is 2.87. The molecule has 0 N–H and O–H groups in total. The fraction of sp³-hybridized carbons (Fsp3) is 0.476. The smallest absolute Gasteiger partial charge is 0.345 e. The Kier molecular flexibility index (Phi) is 4.62. The molecule has 1 aromatic heterocycles. The number of fused-ring (bicyclic) bond motifs is 1. The van der Waals surface area contributed by atoms with E-state index >= 15 is 0 Å². The van der Waals surface area contributed by atoms with Crippen LogP contribution in [0, 0.1) is 0 Å². The molecule has 2 aromatic rings. The zero-order chi connectivity index (χ0) is 17.2. The maximum atomic E-state index is 12.9. The molecule has 4 nitrogen and oxygen atoms in total. The molecular weight excluding hydrogens is 312 g/mol. The van der Waals surface area contributed by atoms with Gasteiger partial charge in [-0.2, -0.15) is 0 Å². The molecule has 0 radical (unpaired) electrons. The summed E-state index contributed by atoms with van der Waals surface area (Å²) < 4.78 is 5.83. The molecule has 0 spiro atoms. The van der Waals surface area contributed by atoms with Crippen LogP contribution in [0.15, 0.2) is 39.5 Å². The van der Waals surface area contributed by atoms with Crippen molar-refractivity contribution in [1.82, 2.24) is 4.90 Å². The van der Waals surface area contributed by atoms with Crippen molar-refractivity contribution in [3.63, 3.8) is 0 Å². The lowest BCUT2D eigenvalue weighted by Crippen LogP contribution is -2.45. The molecule has 0 atom stereocenters. The summed E-state index contributed by atoms with van der Waals surface area (Å²) in [6.45, 7) is 3.99. The van der Waals surface area contributed by atoms with E-state index in [-0.39, 0.29) is 5.63 Å². The van der Waals surface area contributed by atoms with E-state index in [4.69, 9.17) is 4.42 Å². The molecule has 1 fully saturated rings. The second kappa shape index (κ2) is 7.04. The van der Waals surface area contributed by atoms with Gasteiger partial charge in [0.25, 0.3) is 0 Å². The van der Waals surface area contributed by atoms with Gasteiger partial charge in [0.2, 0.25) is 0 Å². The first-order chi connectivity index (χ1) is 12.2. The van der Waals surface area contributed by atoms with Gasteiger partial charge in [0.1, 0.15) is 5.76 Å². The second-order valence-electron chi connectivity index (χ2n) is 7.23. The highest BCUT2D eigenvalue weighted by atomic mass is 16.4. The Morgan fingerprint density at radius 3 is 2.40 bits per heavy atom. The highest BCUT2D eigenvalue weighted by molar-refractivity contribution is 5.80. The third-order valence-electron chi connectivity index (χ3n) is 5.49. The summed E-state index contributed by atoms with van der Waals surface area (Å²) in [4.78, 5) is 17.7. The molecule has 4 rings (SSSR count). The van der Waals surface area contributed by atoms with Crippen LogP contribution in [0.5, 0.6) is 0 Å². The Bertz CT molecular complexity index is 790. The minimum atomic E-state index is -0.180. The topological polar surface area (TPSA) is 36.7 Å². The molecule has 0 unspecified atom stereocenters. The summed E-state index contributed by atoms with van der Waals surface area (Å²) in [6, 6.07) is 10.0. The highest BCUT2D eigenvalue weighted by Gasteiger charge is 2.27. The van der Waals surface area contributed by atoms with Gasteiger partial charge < -0.3 is 14.2 Å². The van der Waals surface area contributed by atoms with Crippen molar-refractivity contribution >= 4 is 5.69 Å². The first-order valence-electron chi connectivity index (χ1n) is 9.42. The van der Waals surface area contributed by atoms with Crippen molar-refractivity contribution in [2.24, 2.45) is 0 Å². The van der Waals surface area contributed by atoms with Crippen LogP contribution in [0.1, 0.15) is 30.6 Å². The van der Waals surface area contributed by atoms with Crippen molar-refractivity contribution in [2.75, 3.05) is 38.1 Å². The molecule has 0 amide bonds. The fourth-order valence-corrected chi connectivity index (χ4v) is 4.07. The van der Waals surface area contributed by atoms with Crippen molar-refractivity contribution in [3.8, 4) is 11.1 Å². The monoisotopic (exact) mass is 338 g/mol. The van der Waals surface area contributed by atoms with E-state index in [2.05, 4.69) is 16.8 Å². The lowest BCUT2D eigenvalue weighted by Gasteiger charge is -2.36. The van der Waals surface area contributed by atoms with Gasteiger partial charge in [-0.05, 0) is 31.9 Å². The van der Waals surface area contributed by atoms with E-state index in [0.717, 1.165) is 68.0 Å². The number of benzene rings is 1. The molecule has 1 aromatic carbocycles. The molecular formula is C21H26N2O2. The predicted molar refractivity (Wildman–Crippen MR) is 101 cm³/mol. The van der Waals surface area contributed by atoms with Crippen LogP contribution in [-0.4, -0.2) is 38.1 Å². The highest BCUT2D eigenvalue weighted by Crippen LogP contribution is 2.36. The normalized spacial score (nSPS) is 18.7. The number of anilines is 1. The number of hydrogen-bond donors (Lipinski definition) is 0. The van der Waals surface area contributed by atoms with Crippen LogP contribution in [0.2, 0.25) is 0 Å². The van der Waals surface area contributed by atoms with Gasteiger partial charge in [0.15, 0.2) is 0 Å². The quantitative estimate of drug-likeness (QED) is 0.787. The number of nitrogens with zero attached hydrogens (tertiary/aromatic N) is 2. The van der Waals surface area contributed by atoms with E-state index in [1.807, 2.05) is 30.3 Å². The number of rotatable bonds is 2.